The molecule has 7 nitrogen and oxygen atoms in total. The zero-order chi connectivity index (χ0) is 19.9. The Morgan fingerprint density at radius 3 is 2.68 bits per heavy atom. The van der Waals surface area contributed by atoms with Gasteiger partial charge < -0.3 is 24.6 Å². The van der Waals surface area contributed by atoms with E-state index in [0.29, 0.717) is 26.2 Å². The maximum absolute atomic E-state index is 12.5. The Labute approximate surface area is 167 Å². The van der Waals surface area contributed by atoms with Crippen molar-refractivity contribution >= 4 is 11.9 Å². The maximum atomic E-state index is 12.5. The molecule has 1 unspecified atom stereocenters. The highest BCUT2D eigenvalue weighted by molar-refractivity contribution is 5.82. The van der Waals surface area contributed by atoms with Gasteiger partial charge in [0.2, 0.25) is 0 Å². The third kappa shape index (κ3) is 4.95. The van der Waals surface area contributed by atoms with Crippen molar-refractivity contribution in [2.75, 3.05) is 46.4 Å². The Hall–Kier alpha value is -2.28. The monoisotopic (exact) mass is 388 g/mol. The molecule has 1 atom stereocenters. The van der Waals surface area contributed by atoms with Crippen LogP contribution < -0.4 is 10.1 Å². The second-order valence-electron chi connectivity index (χ2n) is 7.29. The number of rotatable bonds is 5. The highest BCUT2D eigenvalue weighted by atomic mass is 16.5. The lowest BCUT2D eigenvalue weighted by molar-refractivity contribution is -0.142. The standard InChI is InChI=1S/C21H32N4O3/c1-4-22-21(23-15-17-8-7-16(2)19(14-17)27-3)25-11-9-24(10-12-25)20(26)18-6-5-13-28-18/h7-8,14,18H,4-6,9-13,15H2,1-3H3,(H,22,23). The van der Waals surface area contributed by atoms with Crippen LogP contribution in [0.25, 0.3) is 0 Å². The highest BCUT2D eigenvalue weighted by Gasteiger charge is 2.30. The molecule has 0 aromatic heterocycles. The summed E-state index contributed by atoms with van der Waals surface area (Å²) in [6.07, 6.45) is 1.60. The SMILES string of the molecule is CCNC(=NCc1ccc(C)c(OC)c1)N1CCN(C(=O)C2CCCO2)CC1. The van der Waals surface area contributed by atoms with E-state index < -0.39 is 0 Å². The van der Waals surface area contributed by atoms with Crippen LogP contribution in [0.4, 0.5) is 0 Å². The third-order valence-corrected chi connectivity index (χ3v) is 5.31. The first kappa shape index (κ1) is 20.5. The second-order valence-corrected chi connectivity index (χ2v) is 7.29. The van der Waals surface area contributed by atoms with E-state index in [-0.39, 0.29) is 12.0 Å². The normalized spacial score (nSPS) is 20.4. The fraction of sp³-hybridized carbons (Fsp3) is 0.619. The van der Waals surface area contributed by atoms with Crippen LogP contribution in [-0.2, 0) is 16.1 Å². The number of hydrogen-bond acceptors (Lipinski definition) is 4. The molecule has 0 spiro atoms. The molecule has 1 N–H and O–H groups in total. The number of piperazine rings is 1. The summed E-state index contributed by atoms with van der Waals surface area (Å²) in [6.45, 7) is 9.19. The molecule has 154 valence electrons. The number of carbonyl (C=O) groups is 1. The fourth-order valence-electron chi connectivity index (χ4n) is 3.67. The molecule has 1 amide bonds. The van der Waals surface area contributed by atoms with Gasteiger partial charge in [0.1, 0.15) is 11.9 Å². The van der Waals surface area contributed by atoms with E-state index >= 15 is 0 Å². The summed E-state index contributed by atoms with van der Waals surface area (Å²) >= 11 is 0. The predicted octanol–water partition coefficient (Wildman–Crippen LogP) is 1.79. The van der Waals surface area contributed by atoms with Gasteiger partial charge in [-0.1, -0.05) is 12.1 Å². The fourth-order valence-corrected chi connectivity index (χ4v) is 3.67. The summed E-state index contributed by atoms with van der Waals surface area (Å²) in [5.41, 5.74) is 2.24. The number of guanidine groups is 1. The largest absolute Gasteiger partial charge is 0.496 e. The number of nitrogens with zero attached hydrogens (tertiary/aromatic N) is 3. The summed E-state index contributed by atoms with van der Waals surface area (Å²) < 4.78 is 11.0. The number of carbonyl (C=O) groups excluding carboxylic acids is 1. The molecular weight excluding hydrogens is 356 g/mol. The number of hydrogen-bond donors (Lipinski definition) is 1. The number of methoxy groups -OCH3 is 1. The first-order valence-electron chi connectivity index (χ1n) is 10.2. The topological polar surface area (TPSA) is 66.4 Å². The van der Waals surface area contributed by atoms with Crippen LogP contribution in [-0.4, -0.2) is 74.2 Å². The van der Waals surface area contributed by atoms with Gasteiger partial charge in [-0.25, -0.2) is 4.99 Å². The molecule has 2 aliphatic heterocycles. The molecule has 0 bridgehead atoms. The van der Waals surface area contributed by atoms with Crippen molar-refractivity contribution in [3.05, 3.63) is 29.3 Å². The van der Waals surface area contributed by atoms with E-state index in [1.165, 1.54) is 0 Å². The van der Waals surface area contributed by atoms with E-state index in [1.807, 2.05) is 17.9 Å². The van der Waals surface area contributed by atoms with Crippen LogP contribution >= 0.6 is 0 Å². The van der Waals surface area contributed by atoms with Crippen LogP contribution in [0.5, 0.6) is 5.75 Å². The van der Waals surface area contributed by atoms with Crippen LogP contribution in [0.3, 0.4) is 0 Å². The molecule has 2 fully saturated rings. The zero-order valence-electron chi connectivity index (χ0n) is 17.2. The molecule has 1 aromatic rings. The van der Waals surface area contributed by atoms with Crippen LogP contribution in [0.15, 0.2) is 23.2 Å². The Bertz CT molecular complexity index is 693. The van der Waals surface area contributed by atoms with Gasteiger partial charge >= 0.3 is 0 Å². The molecule has 7 heteroatoms. The molecule has 2 aliphatic rings. The number of ether oxygens (including phenoxy) is 2. The Balaban J connectivity index is 1.59. The van der Waals surface area contributed by atoms with E-state index in [0.717, 1.165) is 55.3 Å². The Morgan fingerprint density at radius 2 is 2.04 bits per heavy atom. The maximum Gasteiger partial charge on any atom is 0.251 e. The van der Waals surface area contributed by atoms with Crippen molar-refractivity contribution in [1.29, 1.82) is 0 Å². The third-order valence-electron chi connectivity index (χ3n) is 5.31. The predicted molar refractivity (Wildman–Crippen MR) is 110 cm³/mol. The molecule has 0 radical (unpaired) electrons. The lowest BCUT2D eigenvalue weighted by Gasteiger charge is -2.37. The van der Waals surface area contributed by atoms with Gasteiger partial charge in [-0.3, -0.25) is 4.79 Å². The van der Waals surface area contributed by atoms with Crippen molar-refractivity contribution in [2.24, 2.45) is 4.99 Å². The molecule has 28 heavy (non-hydrogen) atoms. The lowest BCUT2D eigenvalue weighted by atomic mass is 10.1. The number of aryl methyl sites for hydroxylation is 1. The van der Waals surface area contributed by atoms with Gasteiger partial charge in [0.15, 0.2) is 5.96 Å². The van der Waals surface area contributed by atoms with Gasteiger partial charge in [-0.05, 0) is 43.9 Å². The average molecular weight is 389 g/mol. The van der Waals surface area contributed by atoms with Crippen LogP contribution in [0, 0.1) is 6.92 Å². The summed E-state index contributed by atoms with van der Waals surface area (Å²) in [5.74, 6) is 1.93. The summed E-state index contributed by atoms with van der Waals surface area (Å²) in [7, 11) is 1.69. The van der Waals surface area contributed by atoms with Crippen molar-refractivity contribution in [3.8, 4) is 5.75 Å². The quantitative estimate of drug-likeness (QED) is 0.615. The number of benzene rings is 1. The van der Waals surface area contributed by atoms with Crippen LogP contribution in [0.2, 0.25) is 0 Å². The minimum Gasteiger partial charge on any atom is -0.496 e. The minimum atomic E-state index is -0.232. The number of nitrogens with one attached hydrogen (secondary N) is 1. The lowest BCUT2D eigenvalue weighted by Crippen LogP contribution is -2.55. The van der Waals surface area contributed by atoms with Gasteiger partial charge in [0.25, 0.3) is 5.91 Å². The number of aliphatic imine (C=N–C) groups is 1. The summed E-state index contributed by atoms with van der Waals surface area (Å²) in [5, 5.41) is 3.38. The number of amides is 1. The molecule has 2 saturated heterocycles. The van der Waals surface area contributed by atoms with E-state index in [9.17, 15) is 4.79 Å². The minimum absolute atomic E-state index is 0.144. The molecule has 0 aliphatic carbocycles. The zero-order valence-corrected chi connectivity index (χ0v) is 17.2. The van der Waals surface area contributed by atoms with E-state index in [1.54, 1.807) is 7.11 Å². The van der Waals surface area contributed by atoms with E-state index in [2.05, 4.69) is 29.3 Å². The molecule has 1 aromatic carbocycles. The van der Waals surface area contributed by atoms with Crippen molar-refractivity contribution in [3.63, 3.8) is 0 Å². The first-order valence-corrected chi connectivity index (χ1v) is 10.2. The molecule has 0 saturated carbocycles. The molecular formula is C21H32N4O3. The smallest absolute Gasteiger partial charge is 0.251 e. The molecule has 3 rings (SSSR count). The van der Waals surface area contributed by atoms with E-state index in [4.69, 9.17) is 14.5 Å². The average Bonchev–Trinajstić information content (AvgIpc) is 3.26. The Kier molecular flexibility index (Phi) is 7.14. The first-order chi connectivity index (χ1) is 13.6. The van der Waals surface area contributed by atoms with Gasteiger partial charge in [-0.15, -0.1) is 0 Å². The van der Waals surface area contributed by atoms with Gasteiger partial charge in [-0.2, -0.15) is 0 Å². The summed E-state index contributed by atoms with van der Waals surface area (Å²) in [6, 6.07) is 6.19. The van der Waals surface area contributed by atoms with Crippen molar-refractivity contribution in [2.45, 2.75) is 39.3 Å². The van der Waals surface area contributed by atoms with Gasteiger partial charge in [0.05, 0.1) is 13.7 Å². The van der Waals surface area contributed by atoms with Crippen molar-refractivity contribution < 1.29 is 14.3 Å². The van der Waals surface area contributed by atoms with Crippen molar-refractivity contribution in [1.82, 2.24) is 15.1 Å². The summed E-state index contributed by atoms with van der Waals surface area (Å²) in [4.78, 5) is 21.5. The van der Waals surface area contributed by atoms with Gasteiger partial charge in [0, 0.05) is 39.3 Å². The highest BCUT2D eigenvalue weighted by Crippen LogP contribution is 2.20. The Morgan fingerprint density at radius 1 is 1.29 bits per heavy atom. The van der Waals surface area contributed by atoms with Crippen LogP contribution in [0.1, 0.15) is 30.9 Å². The second kappa shape index (κ2) is 9.78. The molecule has 2 heterocycles.